The third-order valence-electron chi connectivity index (χ3n) is 6.58. The van der Waals surface area contributed by atoms with Crippen molar-refractivity contribution in [2.75, 3.05) is 13.2 Å². The Morgan fingerprint density at radius 2 is 1.54 bits per heavy atom. The molecular weight excluding hydrogens is 493 g/mol. The van der Waals surface area contributed by atoms with Gasteiger partial charge in [-0.05, 0) is 90.7 Å². The maximum absolute atomic E-state index is 13.8. The number of ether oxygens (including phenoxy) is 3. The van der Waals surface area contributed by atoms with Gasteiger partial charge in [-0.25, -0.2) is 9.18 Å². The zero-order valence-corrected chi connectivity index (χ0v) is 22.0. The molecule has 0 spiro atoms. The molecule has 5 rings (SSSR count). The van der Waals surface area contributed by atoms with E-state index >= 15 is 0 Å². The largest absolute Gasteiger partial charge is 0.489 e. The van der Waals surface area contributed by atoms with Crippen LogP contribution >= 0.6 is 0 Å². The molecule has 0 atom stereocenters. The number of hydrogen-bond donors (Lipinski definition) is 0. The van der Waals surface area contributed by atoms with E-state index in [9.17, 15) is 9.18 Å². The highest BCUT2D eigenvalue weighted by molar-refractivity contribution is 5.92. The fourth-order valence-corrected chi connectivity index (χ4v) is 4.69. The van der Waals surface area contributed by atoms with Gasteiger partial charge in [0.2, 0.25) is 0 Å². The van der Waals surface area contributed by atoms with Crippen LogP contribution in [0.2, 0.25) is 0 Å². The summed E-state index contributed by atoms with van der Waals surface area (Å²) < 4.78 is 32.6. The molecule has 5 aromatic rings. The number of carbonyl (C=O) groups is 1. The van der Waals surface area contributed by atoms with Crippen LogP contribution in [0.4, 0.5) is 4.39 Å². The lowest BCUT2D eigenvalue weighted by molar-refractivity contribution is -0.145. The van der Waals surface area contributed by atoms with Crippen molar-refractivity contribution in [3.8, 4) is 22.8 Å². The van der Waals surface area contributed by atoms with Crippen molar-refractivity contribution in [2.24, 2.45) is 0 Å². The Balaban J connectivity index is 1.45. The minimum Gasteiger partial charge on any atom is -0.489 e. The lowest BCUT2D eigenvalue weighted by Gasteiger charge is -2.13. The van der Waals surface area contributed by atoms with Crippen molar-refractivity contribution in [1.29, 1.82) is 0 Å². The van der Waals surface area contributed by atoms with Crippen LogP contribution in [-0.4, -0.2) is 23.8 Å². The molecule has 0 fully saturated rings. The predicted octanol–water partition coefficient (Wildman–Crippen LogP) is 7.33. The van der Waals surface area contributed by atoms with Crippen LogP contribution in [0.3, 0.4) is 0 Å². The van der Waals surface area contributed by atoms with Gasteiger partial charge in [-0.15, -0.1) is 0 Å². The number of rotatable bonds is 10. The summed E-state index contributed by atoms with van der Waals surface area (Å²) in [4.78, 5) is 11.6. The molecule has 1 aromatic heterocycles. The summed E-state index contributed by atoms with van der Waals surface area (Å²) >= 11 is 0. The maximum atomic E-state index is 13.8. The molecular formula is C33H30FNO4. The first-order valence-electron chi connectivity index (χ1n) is 12.9. The predicted molar refractivity (Wildman–Crippen MR) is 151 cm³/mol. The van der Waals surface area contributed by atoms with Gasteiger partial charge in [0.1, 0.15) is 23.9 Å². The molecule has 4 aromatic carbocycles. The molecule has 0 radical (unpaired) electrons. The fourth-order valence-electron chi connectivity index (χ4n) is 4.69. The summed E-state index contributed by atoms with van der Waals surface area (Å²) in [6.45, 7) is 5.13. The smallest absolute Gasteiger partial charge is 0.344 e. The Bertz CT molecular complexity index is 1560. The van der Waals surface area contributed by atoms with E-state index < -0.39 is 5.97 Å². The van der Waals surface area contributed by atoms with Crippen LogP contribution in [0.5, 0.6) is 11.5 Å². The number of aromatic nitrogens is 1. The summed E-state index contributed by atoms with van der Waals surface area (Å²) in [5, 5.41) is 1.08. The topological polar surface area (TPSA) is 49.7 Å². The number of hydrogen-bond acceptors (Lipinski definition) is 4. The number of carbonyl (C=O) groups excluding carboxylic acids is 1. The summed E-state index contributed by atoms with van der Waals surface area (Å²) in [6.07, 6.45) is 0. The minimum atomic E-state index is -0.396. The standard InChI is InChI=1S/C33H30FNO4/c1-3-37-32(36)22-39-28-15-9-24(10-16-28)20-35-31-18-17-29(38-21-25-7-5-4-6-8-25)19-30(31)23(2)33(35)26-11-13-27(34)14-12-26/h4-19H,3,20-22H2,1-2H3. The monoisotopic (exact) mass is 523 g/mol. The van der Waals surface area contributed by atoms with E-state index in [2.05, 4.69) is 23.6 Å². The van der Waals surface area contributed by atoms with E-state index in [0.29, 0.717) is 25.5 Å². The number of aryl methyl sites for hydroxylation is 1. The van der Waals surface area contributed by atoms with E-state index in [1.165, 1.54) is 12.1 Å². The normalized spacial score (nSPS) is 10.9. The third kappa shape index (κ3) is 6.12. The molecule has 0 aliphatic carbocycles. The molecule has 198 valence electrons. The first kappa shape index (κ1) is 26.0. The van der Waals surface area contributed by atoms with Gasteiger partial charge < -0.3 is 18.8 Å². The highest BCUT2D eigenvalue weighted by Gasteiger charge is 2.17. The number of fused-ring (bicyclic) bond motifs is 1. The molecule has 5 nitrogen and oxygen atoms in total. The molecule has 1 heterocycles. The average Bonchev–Trinajstić information content (AvgIpc) is 3.23. The molecule has 0 amide bonds. The molecule has 6 heteroatoms. The first-order chi connectivity index (χ1) is 19.0. The second-order valence-corrected chi connectivity index (χ2v) is 9.26. The molecule has 0 aliphatic rings. The molecule has 0 saturated carbocycles. The molecule has 0 N–H and O–H groups in total. The summed E-state index contributed by atoms with van der Waals surface area (Å²) in [7, 11) is 0. The Hall–Kier alpha value is -4.58. The third-order valence-corrected chi connectivity index (χ3v) is 6.58. The van der Waals surface area contributed by atoms with Gasteiger partial charge in [0, 0.05) is 17.4 Å². The highest BCUT2D eigenvalue weighted by Crippen LogP contribution is 2.36. The van der Waals surface area contributed by atoms with Gasteiger partial charge in [-0.2, -0.15) is 0 Å². The summed E-state index contributed by atoms with van der Waals surface area (Å²) in [5.74, 6) is 0.723. The van der Waals surface area contributed by atoms with E-state index in [1.54, 1.807) is 6.92 Å². The van der Waals surface area contributed by atoms with Gasteiger partial charge in [0.15, 0.2) is 6.61 Å². The van der Waals surface area contributed by atoms with Crippen LogP contribution in [0.1, 0.15) is 23.6 Å². The fraction of sp³-hybridized carbons (Fsp3) is 0.182. The Morgan fingerprint density at radius 3 is 2.26 bits per heavy atom. The number of halogens is 1. The molecule has 39 heavy (non-hydrogen) atoms. The highest BCUT2D eigenvalue weighted by atomic mass is 19.1. The van der Waals surface area contributed by atoms with Crippen LogP contribution in [0, 0.1) is 12.7 Å². The van der Waals surface area contributed by atoms with Crippen molar-refractivity contribution in [3.05, 3.63) is 120 Å². The average molecular weight is 524 g/mol. The quantitative estimate of drug-likeness (QED) is 0.180. The Labute approximate surface area is 227 Å². The van der Waals surface area contributed by atoms with Crippen molar-refractivity contribution >= 4 is 16.9 Å². The van der Waals surface area contributed by atoms with Gasteiger partial charge in [0.05, 0.1) is 12.3 Å². The number of esters is 1. The SMILES string of the molecule is CCOC(=O)COc1ccc(Cn2c(-c3ccc(F)cc3)c(C)c3cc(OCc4ccccc4)ccc32)cc1. The lowest BCUT2D eigenvalue weighted by atomic mass is 10.1. The maximum Gasteiger partial charge on any atom is 0.344 e. The lowest BCUT2D eigenvalue weighted by Crippen LogP contribution is -2.14. The molecule has 0 bridgehead atoms. The number of benzene rings is 4. The van der Waals surface area contributed by atoms with Gasteiger partial charge >= 0.3 is 5.97 Å². The minimum absolute atomic E-state index is 0.127. The number of nitrogens with zero attached hydrogens (tertiary/aromatic N) is 1. The van der Waals surface area contributed by atoms with Crippen molar-refractivity contribution in [2.45, 2.75) is 27.0 Å². The van der Waals surface area contributed by atoms with Crippen molar-refractivity contribution < 1.29 is 23.4 Å². The summed E-state index contributed by atoms with van der Waals surface area (Å²) in [5.41, 5.74) is 6.27. The van der Waals surface area contributed by atoms with Crippen LogP contribution in [0.25, 0.3) is 22.2 Å². The van der Waals surface area contributed by atoms with Crippen molar-refractivity contribution in [1.82, 2.24) is 4.57 Å². The Kier molecular flexibility index (Phi) is 7.92. The van der Waals surface area contributed by atoms with Crippen LogP contribution < -0.4 is 9.47 Å². The zero-order valence-electron chi connectivity index (χ0n) is 22.0. The van der Waals surface area contributed by atoms with Crippen LogP contribution in [-0.2, 0) is 22.7 Å². The van der Waals surface area contributed by atoms with Gasteiger partial charge in [0.25, 0.3) is 0 Å². The molecule has 0 unspecified atom stereocenters. The molecule has 0 aliphatic heterocycles. The van der Waals surface area contributed by atoms with Crippen molar-refractivity contribution in [3.63, 3.8) is 0 Å². The van der Waals surface area contributed by atoms with E-state index in [-0.39, 0.29) is 12.4 Å². The Morgan fingerprint density at radius 1 is 0.821 bits per heavy atom. The molecule has 0 saturated heterocycles. The zero-order chi connectivity index (χ0) is 27.2. The van der Waals surface area contributed by atoms with E-state index in [1.807, 2.05) is 72.8 Å². The van der Waals surface area contributed by atoms with Gasteiger partial charge in [-0.1, -0.05) is 42.5 Å². The van der Waals surface area contributed by atoms with E-state index in [0.717, 1.165) is 44.6 Å². The second-order valence-electron chi connectivity index (χ2n) is 9.26. The second kappa shape index (κ2) is 11.9. The van der Waals surface area contributed by atoms with Gasteiger partial charge in [-0.3, -0.25) is 0 Å². The van der Waals surface area contributed by atoms with E-state index in [4.69, 9.17) is 14.2 Å². The summed E-state index contributed by atoms with van der Waals surface area (Å²) in [6, 6.07) is 30.5. The van der Waals surface area contributed by atoms with Crippen LogP contribution in [0.15, 0.2) is 97.1 Å². The first-order valence-corrected chi connectivity index (χ1v) is 12.9.